The third-order valence-corrected chi connectivity index (χ3v) is 7.33. The van der Waals surface area contributed by atoms with Crippen molar-refractivity contribution in [3.05, 3.63) is 70.9 Å². The van der Waals surface area contributed by atoms with Crippen LogP contribution < -0.4 is 10.2 Å². The Bertz CT molecular complexity index is 1160. The van der Waals surface area contributed by atoms with Crippen LogP contribution in [0.15, 0.2) is 59.5 Å². The highest BCUT2D eigenvalue weighted by atomic mass is 35.5. The number of piperazine rings is 1. The van der Waals surface area contributed by atoms with Gasteiger partial charge in [-0.05, 0) is 50.2 Å². The van der Waals surface area contributed by atoms with Crippen LogP contribution >= 0.6 is 11.6 Å². The number of nitrogens with zero attached hydrogens (tertiary/aromatic N) is 4. The first kappa shape index (κ1) is 21.5. The molecule has 0 bridgehead atoms. The van der Waals surface area contributed by atoms with Crippen LogP contribution in [-0.2, 0) is 10.0 Å². The molecule has 0 aliphatic carbocycles. The third-order valence-electron chi connectivity index (χ3n) is 5.16. The minimum atomic E-state index is -3.54. The molecular formula is C22H24ClN5O2S. The normalized spacial score (nSPS) is 15.1. The summed E-state index contributed by atoms with van der Waals surface area (Å²) >= 11 is 5.89. The van der Waals surface area contributed by atoms with Crippen LogP contribution in [0.2, 0.25) is 5.02 Å². The average molecular weight is 458 g/mol. The molecule has 0 atom stereocenters. The van der Waals surface area contributed by atoms with E-state index in [9.17, 15) is 8.42 Å². The smallest absolute Gasteiger partial charge is 0.243 e. The minimum Gasteiger partial charge on any atom is -0.354 e. The van der Waals surface area contributed by atoms with Crippen molar-refractivity contribution in [1.29, 1.82) is 0 Å². The Hall–Kier alpha value is -2.68. The summed E-state index contributed by atoms with van der Waals surface area (Å²) < 4.78 is 27.3. The van der Waals surface area contributed by atoms with Crippen molar-refractivity contribution in [3.8, 4) is 0 Å². The summed E-state index contributed by atoms with van der Waals surface area (Å²) in [6, 6.07) is 16.2. The largest absolute Gasteiger partial charge is 0.354 e. The van der Waals surface area contributed by atoms with E-state index in [1.807, 2.05) is 44.2 Å². The number of halogens is 1. The number of hydrogen-bond acceptors (Lipinski definition) is 6. The molecule has 4 rings (SSSR count). The molecule has 3 aromatic rings. The van der Waals surface area contributed by atoms with Gasteiger partial charge in [-0.3, -0.25) is 0 Å². The van der Waals surface area contributed by atoms with E-state index in [-0.39, 0.29) is 4.90 Å². The Morgan fingerprint density at radius 2 is 1.55 bits per heavy atom. The number of benzene rings is 2. The van der Waals surface area contributed by atoms with Crippen LogP contribution in [0.4, 0.5) is 17.5 Å². The first-order valence-electron chi connectivity index (χ1n) is 10.0. The minimum absolute atomic E-state index is 0.257. The molecule has 1 aliphatic heterocycles. The van der Waals surface area contributed by atoms with E-state index < -0.39 is 10.0 Å². The number of rotatable bonds is 5. The highest BCUT2D eigenvalue weighted by Gasteiger charge is 2.29. The second-order valence-corrected chi connectivity index (χ2v) is 9.90. The van der Waals surface area contributed by atoms with Gasteiger partial charge >= 0.3 is 0 Å². The molecule has 0 spiro atoms. The second kappa shape index (κ2) is 8.82. The molecule has 0 unspecified atom stereocenters. The summed E-state index contributed by atoms with van der Waals surface area (Å²) in [7, 11) is -3.54. The van der Waals surface area contributed by atoms with Crippen molar-refractivity contribution in [3.63, 3.8) is 0 Å². The lowest BCUT2D eigenvalue weighted by Gasteiger charge is -2.34. The number of anilines is 3. The van der Waals surface area contributed by atoms with Crippen molar-refractivity contribution in [1.82, 2.24) is 14.3 Å². The molecule has 1 aliphatic rings. The van der Waals surface area contributed by atoms with Crippen molar-refractivity contribution >= 4 is 39.1 Å². The van der Waals surface area contributed by atoms with Gasteiger partial charge in [0, 0.05) is 48.6 Å². The molecule has 1 fully saturated rings. The van der Waals surface area contributed by atoms with Crippen molar-refractivity contribution in [2.75, 3.05) is 36.4 Å². The van der Waals surface area contributed by atoms with Crippen LogP contribution in [0.1, 0.15) is 11.3 Å². The summed E-state index contributed by atoms with van der Waals surface area (Å²) in [6.07, 6.45) is 0. The van der Waals surface area contributed by atoms with Crippen LogP contribution in [0, 0.1) is 13.8 Å². The molecule has 7 nitrogen and oxygen atoms in total. The quantitative estimate of drug-likeness (QED) is 0.623. The number of aryl methyl sites for hydroxylation is 2. The highest BCUT2D eigenvalue weighted by molar-refractivity contribution is 7.89. The zero-order valence-corrected chi connectivity index (χ0v) is 19.0. The SMILES string of the molecule is Cc1ccc(Nc2nc(C)cc(N3CCN(S(=O)(=O)c4ccc(Cl)cc4)CC3)n2)cc1. The van der Waals surface area contributed by atoms with Gasteiger partial charge < -0.3 is 10.2 Å². The van der Waals surface area contributed by atoms with E-state index in [2.05, 4.69) is 20.2 Å². The standard InChI is InChI=1S/C22H24ClN5O2S/c1-16-3-7-19(8-4-16)25-22-24-17(2)15-21(26-22)27-11-13-28(14-12-27)31(29,30)20-9-5-18(23)6-10-20/h3-10,15H,11-14H2,1-2H3,(H,24,25,26). The zero-order chi connectivity index (χ0) is 22.0. The molecule has 2 aromatic carbocycles. The fraction of sp³-hybridized carbons (Fsp3) is 0.273. The van der Waals surface area contributed by atoms with Gasteiger partial charge in [-0.25, -0.2) is 13.4 Å². The summed E-state index contributed by atoms with van der Waals surface area (Å²) in [4.78, 5) is 11.5. The molecule has 0 amide bonds. The van der Waals surface area contributed by atoms with E-state index in [1.165, 1.54) is 9.87 Å². The Morgan fingerprint density at radius 1 is 0.903 bits per heavy atom. The Morgan fingerprint density at radius 3 is 2.19 bits per heavy atom. The molecule has 1 aromatic heterocycles. The topological polar surface area (TPSA) is 78.4 Å². The number of hydrogen-bond donors (Lipinski definition) is 1. The third kappa shape index (κ3) is 4.98. The van der Waals surface area contributed by atoms with Gasteiger partial charge in [-0.2, -0.15) is 9.29 Å². The first-order valence-corrected chi connectivity index (χ1v) is 11.8. The Kier molecular flexibility index (Phi) is 6.13. The van der Waals surface area contributed by atoms with E-state index in [4.69, 9.17) is 11.6 Å². The Balaban J connectivity index is 1.46. The number of sulfonamides is 1. The first-order chi connectivity index (χ1) is 14.8. The molecule has 1 saturated heterocycles. The van der Waals surface area contributed by atoms with Crippen molar-refractivity contribution in [2.45, 2.75) is 18.7 Å². The monoisotopic (exact) mass is 457 g/mol. The average Bonchev–Trinajstić information content (AvgIpc) is 2.75. The summed E-state index contributed by atoms with van der Waals surface area (Å²) in [5.74, 6) is 1.31. The van der Waals surface area contributed by atoms with Gasteiger partial charge in [0.05, 0.1) is 4.90 Å². The zero-order valence-electron chi connectivity index (χ0n) is 17.4. The highest BCUT2D eigenvalue weighted by Crippen LogP contribution is 2.23. The molecule has 2 heterocycles. The van der Waals surface area contributed by atoms with Gasteiger partial charge in [0.1, 0.15) is 5.82 Å². The molecule has 0 radical (unpaired) electrons. The lowest BCUT2D eigenvalue weighted by atomic mass is 10.2. The summed E-state index contributed by atoms with van der Waals surface area (Å²) in [6.45, 7) is 5.83. The fourth-order valence-corrected chi connectivity index (χ4v) is 5.00. The number of nitrogens with one attached hydrogen (secondary N) is 1. The van der Waals surface area contributed by atoms with Gasteiger partial charge in [0.2, 0.25) is 16.0 Å². The lowest BCUT2D eigenvalue weighted by Crippen LogP contribution is -2.49. The summed E-state index contributed by atoms with van der Waals surface area (Å²) in [5.41, 5.74) is 2.94. The van der Waals surface area contributed by atoms with Gasteiger partial charge in [-0.1, -0.05) is 29.3 Å². The molecule has 0 saturated carbocycles. The molecule has 31 heavy (non-hydrogen) atoms. The molecule has 9 heteroatoms. The maximum Gasteiger partial charge on any atom is 0.243 e. The van der Waals surface area contributed by atoms with E-state index in [1.54, 1.807) is 24.3 Å². The second-order valence-electron chi connectivity index (χ2n) is 7.53. The van der Waals surface area contributed by atoms with Crippen LogP contribution in [0.25, 0.3) is 0 Å². The van der Waals surface area contributed by atoms with Gasteiger partial charge in [0.25, 0.3) is 0 Å². The van der Waals surface area contributed by atoms with E-state index >= 15 is 0 Å². The Labute approximate surface area is 187 Å². The van der Waals surface area contributed by atoms with Crippen LogP contribution in [0.3, 0.4) is 0 Å². The molecule has 1 N–H and O–H groups in total. The van der Waals surface area contributed by atoms with Crippen LogP contribution in [0.5, 0.6) is 0 Å². The fourth-order valence-electron chi connectivity index (χ4n) is 3.45. The lowest BCUT2D eigenvalue weighted by molar-refractivity contribution is 0.384. The van der Waals surface area contributed by atoms with Crippen molar-refractivity contribution < 1.29 is 8.42 Å². The predicted octanol–water partition coefficient (Wildman–Crippen LogP) is 4.00. The van der Waals surface area contributed by atoms with Gasteiger partial charge in [-0.15, -0.1) is 0 Å². The van der Waals surface area contributed by atoms with Crippen molar-refractivity contribution in [2.24, 2.45) is 0 Å². The summed E-state index contributed by atoms with van der Waals surface area (Å²) in [5, 5.41) is 3.76. The van der Waals surface area contributed by atoms with E-state index in [0.717, 1.165) is 17.2 Å². The number of aromatic nitrogens is 2. The molecule has 162 valence electrons. The molecular weight excluding hydrogens is 434 g/mol. The predicted molar refractivity (Wildman–Crippen MR) is 124 cm³/mol. The van der Waals surface area contributed by atoms with Gasteiger partial charge in [0.15, 0.2) is 0 Å². The maximum absolute atomic E-state index is 12.9. The maximum atomic E-state index is 12.9. The van der Waals surface area contributed by atoms with E-state index in [0.29, 0.717) is 37.1 Å². The van der Waals surface area contributed by atoms with Crippen LogP contribution in [-0.4, -0.2) is 48.9 Å².